The number of anilines is 1. The molecule has 2 aromatic rings. The number of hydrogen-bond donors (Lipinski definition) is 2. The van der Waals surface area contributed by atoms with Crippen LogP contribution in [0.15, 0.2) is 24.3 Å². The van der Waals surface area contributed by atoms with Crippen molar-refractivity contribution in [1.29, 1.82) is 0 Å². The molecule has 2 heterocycles. The van der Waals surface area contributed by atoms with Gasteiger partial charge in [-0.2, -0.15) is 0 Å². The smallest absolute Gasteiger partial charge is 0.0477 e. The third-order valence-corrected chi connectivity index (χ3v) is 3.85. The molecular weight excluding hydrogens is 222 g/mol. The maximum Gasteiger partial charge on any atom is 0.0477 e. The number of aromatic nitrogens is 1. The van der Waals surface area contributed by atoms with Gasteiger partial charge in [0.25, 0.3) is 0 Å². The molecule has 1 aromatic heterocycles. The molecule has 0 atom stereocenters. The number of fused-ring (bicyclic) bond motifs is 1. The largest absolute Gasteiger partial charge is 0.398 e. The lowest BCUT2D eigenvalue weighted by Gasteiger charge is -2.18. The maximum absolute atomic E-state index is 5.99. The van der Waals surface area contributed by atoms with Gasteiger partial charge in [0.15, 0.2) is 0 Å². The highest BCUT2D eigenvalue weighted by Crippen LogP contribution is 2.23. The van der Waals surface area contributed by atoms with E-state index >= 15 is 0 Å². The van der Waals surface area contributed by atoms with Crippen molar-refractivity contribution in [3.8, 4) is 0 Å². The molecule has 3 rings (SSSR count). The van der Waals surface area contributed by atoms with Crippen molar-refractivity contribution >= 4 is 16.6 Å². The maximum atomic E-state index is 5.99. The van der Waals surface area contributed by atoms with Crippen LogP contribution in [0.25, 0.3) is 10.9 Å². The number of benzene rings is 1. The van der Waals surface area contributed by atoms with E-state index in [1.54, 1.807) is 0 Å². The number of nitrogen functional groups attached to an aromatic ring is 1. The molecule has 0 unspecified atom stereocenters. The van der Waals surface area contributed by atoms with Gasteiger partial charge in [-0.05, 0) is 44.1 Å². The molecule has 3 N–H and O–H groups in total. The van der Waals surface area contributed by atoms with Crippen molar-refractivity contribution in [1.82, 2.24) is 9.88 Å². The minimum atomic E-state index is 0.867. The van der Waals surface area contributed by atoms with Crippen molar-refractivity contribution in [2.75, 3.05) is 18.8 Å². The van der Waals surface area contributed by atoms with Gasteiger partial charge in [-0.1, -0.05) is 18.9 Å². The van der Waals surface area contributed by atoms with E-state index in [2.05, 4.69) is 22.0 Å². The van der Waals surface area contributed by atoms with E-state index in [1.165, 1.54) is 44.5 Å². The Balaban J connectivity index is 1.79. The van der Waals surface area contributed by atoms with Crippen molar-refractivity contribution in [3.05, 3.63) is 30.0 Å². The molecule has 0 aliphatic carbocycles. The lowest BCUT2D eigenvalue weighted by Crippen LogP contribution is -2.24. The molecular formula is C15H21N3. The summed E-state index contributed by atoms with van der Waals surface area (Å²) in [4.78, 5) is 6.03. The molecule has 1 aliphatic heterocycles. The molecule has 96 valence electrons. The van der Waals surface area contributed by atoms with Crippen LogP contribution in [-0.2, 0) is 6.54 Å². The number of H-pyrrole nitrogens is 1. The van der Waals surface area contributed by atoms with Crippen molar-refractivity contribution in [2.45, 2.75) is 32.2 Å². The number of nitrogens with two attached hydrogens (primary N) is 1. The van der Waals surface area contributed by atoms with Gasteiger partial charge in [0, 0.05) is 28.8 Å². The highest BCUT2D eigenvalue weighted by Gasteiger charge is 2.11. The second-order valence-electron chi connectivity index (χ2n) is 5.29. The Kier molecular flexibility index (Phi) is 3.24. The number of likely N-dealkylation sites (tertiary alicyclic amines) is 1. The van der Waals surface area contributed by atoms with Crippen LogP contribution in [0, 0.1) is 0 Å². The van der Waals surface area contributed by atoms with Gasteiger partial charge in [0.05, 0.1) is 0 Å². The van der Waals surface area contributed by atoms with Crippen LogP contribution >= 0.6 is 0 Å². The summed E-state index contributed by atoms with van der Waals surface area (Å²) in [5.74, 6) is 0. The predicted octanol–water partition coefficient (Wildman–Crippen LogP) is 3.13. The molecule has 1 saturated heterocycles. The standard InChI is InChI=1S/C15H21N3/c16-14-6-5-7-15-13(14)10-12(17-15)11-18-8-3-1-2-4-9-18/h5-7,10,17H,1-4,8-9,11,16H2. The second-order valence-corrected chi connectivity index (χ2v) is 5.29. The van der Waals surface area contributed by atoms with Crippen LogP contribution in [0.4, 0.5) is 5.69 Å². The summed E-state index contributed by atoms with van der Waals surface area (Å²) in [6.45, 7) is 3.48. The predicted molar refractivity (Wildman–Crippen MR) is 76.5 cm³/mol. The molecule has 0 bridgehead atoms. The lowest BCUT2D eigenvalue weighted by atomic mass is 10.2. The zero-order valence-electron chi connectivity index (χ0n) is 10.8. The fourth-order valence-corrected chi connectivity index (χ4v) is 2.86. The Morgan fingerprint density at radius 1 is 1.11 bits per heavy atom. The van der Waals surface area contributed by atoms with E-state index in [1.807, 2.05) is 12.1 Å². The van der Waals surface area contributed by atoms with E-state index in [9.17, 15) is 0 Å². The second kappa shape index (κ2) is 5.02. The first-order chi connectivity index (χ1) is 8.83. The normalized spacial score (nSPS) is 18.0. The first-order valence-electron chi connectivity index (χ1n) is 6.91. The van der Waals surface area contributed by atoms with Crippen LogP contribution in [0.3, 0.4) is 0 Å². The minimum Gasteiger partial charge on any atom is -0.398 e. The number of rotatable bonds is 2. The Morgan fingerprint density at radius 2 is 1.89 bits per heavy atom. The summed E-state index contributed by atoms with van der Waals surface area (Å²) < 4.78 is 0. The summed E-state index contributed by atoms with van der Waals surface area (Å²) in [6.07, 6.45) is 5.44. The molecule has 0 saturated carbocycles. The fraction of sp³-hybridized carbons (Fsp3) is 0.467. The van der Waals surface area contributed by atoms with E-state index in [-0.39, 0.29) is 0 Å². The van der Waals surface area contributed by atoms with Crippen molar-refractivity contribution in [2.24, 2.45) is 0 Å². The third kappa shape index (κ3) is 2.36. The molecule has 0 amide bonds. The number of nitrogens with zero attached hydrogens (tertiary/aromatic N) is 1. The van der Waals surface area contributed by atoms with E-state index < -0.39 is 0 Å². The van der Waals surface area contributed by atoms with Crippen LogP contribution in [-0.4, -0.2) is 23.0 Å². The number of nitrogens with one attached hydrogen (secondary N) is 1. The van der Waals surface area contributed by atoms with Gasteiger partial charge < -0.3 is 10.7 Å². The molecule has 18 heavy (non-hydrogen) atoms. The van der Waals surface area contributed by atoms with Crippen LogP contribution in [0.1, 0.15) is 31.4 Å². The number of hydrogen-bond acceptors (Lipinski definition) is 2. The lowest BCUT2D eigenvalue weighted by molar-refractivity contribution is 0.274. The third-order valence-electron chi connectivity index (χ3n) is 3.85. The molecule has 1 aromatic carbocycles. The van der Waals surface area contributed by atoms with Crippen LogP contribution < -0.4 is 5.73 Å². The zero-order valence-corrected chi connectivity index (χ0v) is 10.8. The Labute approximate surface area is 108 Å². The Morgan fingerprint density at radius 3 is 2.61 bits per heavy atom. The van der Waals surface area contributed by atoms with Crippen molar-refractivity contribution < 1.29 is 0 Å². The molecule has 1 aliphatic rings. The molecule has 3 heteroatoms. The SMILES string of the molecule is Nc1cccc2[nH]c(CN3CCCCCC3)cc12. The monoisotopic (exact) mass is 243 g/mol. The average Bonchev–Trinajstić information content (AvgIpc) is 2.60. The Hall–Kier alpha value is -1.48. The fourth-order valence-electron chi connectivity index (χ4n) is 2.86. The van der Waals surface area contributed by atoms with Gasteiger partial charge in [0.2, 0.25) is 0 Å². The topological polar surface area (TPSA) is 45.1 Å². The molecule has 0 radical (unpaired) electrons. The zero-order chi connectivity index (χ0) is 12.4. The number of aromatic amines is 1. The van der Waals surface area contributed by atoms with E-state index in [0.717, 1.165) is 23.1 Å². The van der Waals surface area contributed by atoms with Crippen molar-refractivity contribution in [3.63, 3.8) is 0 Å². The minimum absolute atomic E-state index is 0.867. The summed E-state index contributed by atoms with van der Waals surface area (Å²) >= 11 is 0. The quantitative estimate of drug-likeness (QED) is 0.796. The summed E-state index contributed by atoms with van der Waals surface area (Å²) in [5.41, 5.74) is 9.30. The van der Waals surface area contributed by atoms with Gasteiger partial charge in [-0.25, -0.2) is 0 Å². The highest BCUT2D eigenvalue weighted by atomic mass is 15.1. The first-order valence-corrected chi connectivity index (χ1v) is 6.91. The van der Waals surface area contributed by atoms with Gasteiger partial charge in [-0.3, -0.25) is 4.90 Å². The van der Waals surface area contributed by atoms with Crippen LogP contribution in [0.5, 0.6) is 0 Å². The molecule has 1 fully saturated rings. The summed E-state index contributed by atoms with van der Waals surface area (Å²) in [7, 11) is 0. The first kappa shape index (κ1) is 11.6. The summed E-state index contributed by atoms with van der Waals surface area (Å²) in [5, 5.41) is 1.15. The Bertz CT molecular complexity index is 522. The van der Waals surface area contributed by atoms with E-state index in [4.69, 9.17) is 5.73 Å². The molecule has 3 nitrogen and oxygen atoms in total. The average molecular weight is 243 g/mol. The van der Waals surface area contributed by atoms with E-state index in [0.29, 0.717) is 0 Å². The summed E-state index contributed by atoms with van der Waals surface area (Å²) in [6, 6.07) is 8.27. The van der Waals surface area contributed by atoms with Gasteiger partial charge >= 0.3 is 0 Å². The van der Waals surface area contributed by atoms with Crippen LogP contribution in [0.2, 0.25) is 0 Å². The van der Waals surface area contributed by atoms with Gasteiger partial charge in [0.1, 0.15) is 0 Å². The highest BCUT2D eigenvalue weighted by molar-refractivity contribution is 5.91. The molecule has 0 spiro atoms. The van der Waals surface area contributed by atoms with Gasteiger partial charge in [-0.15, -0.1) is 0 Å².